The normalized spacial score (nSPS) is 15.5. The summed E-state index contributed by atoms with van der Waals surface area (Å²) in [5.74, 6) is 0.829. The van der Waals surface area contributed by atoms with Gasteiger partial charge in [-0.05, 0) is 17.7 Å². The van der Waals surface area contributed by atoms with E-state index in [1.807, 2.05) is 12.1 Å². The molecule has 2 rings (SSSR count). The number of rotatable bonds is 3. The highest BCUT2D eigenvalue weighted by Crippen LogP contribution is 2.08. The molecule has 1 aromatic rings. The van der Waals surface area contributed by atoms with Gasteiger partial charge in [0.15, 0.2) is 0 Å². The number of hydrogen-bond donors (Lipinski definition) is 1. The van der Waals surface area contributed by atoms with E-state index in [-0.39, 0.29) is 0 Å². The molecular formula is C10H12N2O. The number of ether oxygens (including phenoxy) is 1. The predicted octanol–water partition coefficient (Wildman–Crippen LogP) is 0.990. The van der Waals surface area contributed by atoms with Crippen LogP contribution in [0.15, 0.2) is 36.2 Å². The van der Waals surface area contributed by atoms with Crippen molar-refractivity contribution in [2.45, 2.75) is 0 Å². The minimum absolute atomic E-state index is 0.665. The van der Waals surface area contributed by atoms with Gasteiger partial charge in [-0.15, -0.1) is 0 Å². The lowest BCUT2D eigenvalue weighted by molar-refractivity contribution is 0.349. The average molecular weight is 176 g/mol. The molecule has 0 radical (unpaired) electrons. The van der Waals surface area contributed by atoms with Crippen molar-refractivity contribution in [1.29, 1.82) is 0 Å². The summed E-state index contributed by atoms with van der Waals surface area (Å²) < 4.78 is 5.52. The molecule has 3 heteroatoms. The second kappa shape index (κ2) is 4.05. The van der Waals surface area contributed by atoms with Crippen LogP contribution in [0.5, 0.6) is 5.75 Å². The minimum Gasteiger partial charge on any atom is -0.488 e. The van der Waals surface area contributed by atoms with Crippen molar-refractivity contribution in [2.24, 2.45) is 0 Å². The Kier molecular flexibility index (Phi) is 2.57. The van der Waals surface area contributed by atoms with Crippen molar-refractivity contribution in [3.8, 4) is 5.75 Å². The van der Waals surface area contributed by atoms with Crippen LogP contribution in [0.3, 0.4) is 0 Å². The third-order valence-electron chi connectivity index (χ3n) is 1.95. The first-order valence-corrected chi connectivity index (χ1v) is 4.36. The lowest BCUT2D eigenvalue weighted by Crippen LogP contribution is -2.11. The smallest absolute Gasteiger partial charge is 0.138 e. The van der Waals surface area contributed by atoms with Crippen molar-refractivity contribution in [3.05, 3.63) is 36.2 Å². The fraction of sp³-hybridized carbons (Fsp3) is 0.300. The highest BCUT2D eigenvalue weighted by atomic mass is 16.5. The van der Waals surface area contributed by atoms with Gasteiger partial charge in [-0.25, -0.2) is 0 Å². The van der Waals surface area contributed by atoms with E-state index in [2.05, 4.69) is 16.4 Å². The van der Waals surface area contributed by atoms with Crippen molar-refractivity contribution in [1.82, 2.24) is 10.3 Å². The number of hydrogen-bond acceptors (Lipinski definition) is 3. The SMILES string of the molecule is C1=C(COc2cccnc2)CNC1. The van der Waals surface area contributed by atoms with Gasteiger partial charge in [0.05, 0.1) is 6.20 Å². The van der Waals surface area contributed by atoms with E-state index < -0.39 is 0 Å². The van der Waals surface area contributed by atoms with Crippen molar-refractivity contribution < 1.29 is 4.74 Å². The van der Waals surface area contributed by atoms with Crippen LogP contribution in [-0.2, 0) is 0 Å². The fourth-order valence-corrected chi connectivity index (χ4v) is 1.24. The summed E-state index contributed by atoms with van der Waals surface area (Å²) in [5, 5.41) is 3.22. The summed E-state index contributed by atoms with van der Waals surface area (Å²) in [6, 6.07) is 3.78. The molecule has 0 atom stereocenters. The van der Waals surface area contributed by atoms with Crippen LogP contribution in [0.25, 0.3) is 0 Å². The Labute approximate surface area is 77.4 Å². The van der Waals surface area contributed by atoms with Gasteiger partial charge < -0.3 is 10.1 Å². The molecule has 68 valence electrons. The van der Waals surface area contributed by atoms with Crippen LogP contribution >= 0.6 is 0 Å². The molecule has 0 bridgehead atoms. The Morgan fingerprint density at radius 1 is 1.54 bits per heavy atom. The molecule has 0 unspecified atom stereocenters. The fourth-order valence-electron chi connectivity index (χ4n) is 1.24. The molecule has 0 fully saturated rings. The Bertz CT molecular complexity index is 295. The van der Waals surface area contributed by atoms with Gasteiger partial charge in [-0.3, -0.25) is 4.98 Å². The second-order valence-electron chi connectivity index (χ2n) is 2.97. The molecule has 13 heavy (non-hydrogen) atoms. The monoisotopic (exact) mass is 176 g/mol. The maximum atomic E-state index is 5.52. The topological polar surface area (TPSA) is 34.1 Å². The molecule has 0 spiro atoms. The Morgan fingerprint density at radius 2 is 2.54 bits per heavy atom. The highest BCUT2D eigenvalue weighted by molar-refractivity contribution is 5.18. The molecule has 3 nitrogen and oxygen atoms in total. The molecule has 0 saturated carbocycles. The summed E-state index contributed by atoms with van der Waals surface area (Å²) in [7, 11) is 0. The number of nitrogens with zero attached hydrogens (tertiary/aromatic N) is 1. The van der Waals surface area contributed by atoms with E-state index in [4.69, 9.17) is 4.74 Å². The van der Waals surface area contributed by atoms with E-state index in [0.717, 1.165) is 18.8 Å². The first-order valence-electron chi connectivity index (χ1n) is 4.36. The lowest BCUT2D eigenvalue weighted by Gasteiger charge is -2.05. The summed E-state index contributed by atoms with van der Waals surface area (Å²) >= 11 is 0. The van der Waals surface area contributed by atoms with Gasteiger partial charge in [0, 0.05) is 19.3 Å². The first kappa shape index (κ1) is 8.26. The van der Waals surface area contributed by atoms with Crippen LogP contribution in [0.1, 0.15) is 0 Å². The van der Waals surface area contributed by atoms with Crippen LogP contribution in [-0.4, -0.2) is 24.7 Å². The van der Waals surface area contributed by atoms with Crippen molar-refractivity contribution in [3.63, 3.8) is 0 Å². The zero-order chi connectivity index (χ0) is 8.93. The zero-order valence-electron chi connectivity index (χ0n) is 7.36. The highest BCUT2D eigenvalue weighted by Gasteiger charge is 2.03. The van der Waals surface area contributed by atoms with Crippen molar-refractivity contribution >= 4 is 0 Å². The van der Waals surface area contributed by atoms with Crippen LogP contribution in [0.4, 0.5) is 0 Å². The predicted molar refractivity (Wildman–Crippen MR) is 50.7 cm³/mol. The number of pyridine rings is 1. The van der Waals surface area contributed by atoms with E-state index in [1.165, 1.54) is 5.57 Å². The molecule has 2 heterocycles. The Hall–Kier alpha value is -1.35. The van der Waals surface area contributed by atoms with Crippen LogP contribution < -0.4 is 10.1 Å². The molecule has 1 aliphatic rings. The Balaban J connectivity index is 1.86. The summed E-state index contributed by atoms with van der Waals surface area (Å²) in [6.07, 6.45) is 5.63. The van der Waals surface area contributed by atoms with E-state index in [0.29, 0.717) is 6.61 Å². The largest absolute Gasteiger partial charge is 0.488 e. The molecule has 1 aromatic heterocycles. The number of nitrogens with one attached hydrogen (secondary N) is 1. The first-order chi connectivity index (χ1) is 6.45. The zero-order valence-corrected chi connectivity index (χ0v) is 7.36. The molecule has 1 aliphatic heterocycles. The van der Waals surface area contributed by atoms with Gasteiger partial charge in [0.1, 0.15) is 12.4 Å². The van der Waals surface area contributed by atoms with Crippen LogP contribution in [0, 0.1) is 0 Å². The van der Waals surface area contributed by atoms with E-state index >= 15 is 0 Å². The van der Waals surface area contributed by atoms with Gasteiger partial charge in [0.25, 0.3) is 0 Å². The molecule has 0 aromatic carbocycles. The Morgan fingerprint density at radius 3 is 3.23 bits per heavy atom. The maximum Gasteiger partial charge on any atom is 0.138 e. The average Bonchev–Trinajstić information content (AvgIpc) is 2.69. The van der Waals surface area contributed by atoms with Gasteiger partial charge in [0.2, 0.25) is 0 Å². The summed E-state index contributed by atoms with van der Waals surface area (Å²) in [5.41, 5.74) is 1.31. The molecule has 0 saturated heterocycles. The maximum absolute atomic E-state index is 5.52. The van der Waals surface area contributed by atoms with E-state index in [9.17, 15) is 0 Å². The van der Waals surface area contributed by atoms with Crippen molar-refractivity contribution in [2.75, 3.05) is 19.7 Å². The van der Waals surface area contributed by atoms with Gasteiger partial charge in [-0.1, -0.05) is 6.08 Å². The second-order valence-corrected chi connectivity index (χ2v) is 2.97. The minimum atomic E-state index is 0.665. The van der Waals surface area contributed by atoms with Gasteiger partial charge in [-0.2, -0.15) is 0 Å². The molecular weight excluding hydrogens is 164 g/mol. The quantitative estimate of drug-likeness (QED) is 0.697. The third-order valence-corrected chi connectivity index (χ3v) is 1.95. The lowest BCUT2D eigenvalue weighted by atomic mass is 10.3. The summed E-state index contributed by atoms with van der Waals surface area (Å²) in [4.78, 5) is 3.97. The van der Waals surface area contributed by atoms with Crippen LogP contribution in [0.2, 0.25) is 0 Å². The van der Waals surface area contributed by atoms with E-state index in [1.54, 1.807) is 12.4 Å². The standard InChI is InChI=1S/C10H12N2O/c1-2-10(7-11-4-1)13-8-9-3-5-12-6-9/h1-4,7,12H,5-6,8H2. The third kappa shape index (κ3) is 2.29. The molecule has 0 amide bonds. The summed E-state index contributed by atoms with van der Waals surface area (Å²) in [6.45, 7) is 2.57. The molecule has 1 N–H and O–H groups in total. The molecule has 0 aliphatic carbocycles. The van der Waals surface area contributed by atoms with Gasteiger partial charge >= 0.3 is 0 Å². The number of aromatic nitrogens is 1.